The van der Waals surface area contributed by atoms with Gasteiger partial charge in [0.2, 0.25) is 6.10 Å². The van der Waals surface area contributed by atoms with Crippen molar-refractivity contribution < 1.29 is 27.8 Å². The third kappa shape index (κ3) is 2.74. The number of halogens is 5. The fraction of sp³-hybridized carbons (Fsp3) is 0.364. The molecule has 0 amide bonds. The lowest BCUT2D eigenvalue weighted by molar-refractivity contribution is -0.217. The molecule has 1 aliphatic heterocycles. The molecule has 8 heteroatoms. The Labute approximate surface area is 115 Å². The van der Waals surface area contributed by atoms with Crippen molar-refractivity contribution in [1.82, 2.24) is 0 Å². The Bertz CT molecular complexity index is 531. The third-order valence-electron chi connectivity index (χ3n) is 2.78. The van der Waals surface area contributed by atoms with E-state index in [4.69, 9.17) is 33.0 Å². The van der Waals surface area contributed by atoms with Crippen LogP contribution in [0.3, 0.4) is 0 Å². The summed E-state index contributed by atoms with van der Waals surface area (Å²) in [4.78, 5) is 10.9. The second kappa shape index (κ2) is 4.76. The standard InChI is InChI=1S/C11H7Cl2F3O3/c12-5-1-4-2-6(10(17)18)9(11(14,15)16)19-8(4)7(13)3-5/h1,3,6,9H,2H2,(H,17,18). The molecule has 2 unspecified atom stereocenters. The Hall–Kier alpha value is -1.14. The molecule has 0 bridgehead atoms. The molecule has 0 fully saturated rings. The quantitative estimate of drug-likeness (QED) is 0.862. The van der Waals surface area contributed by atoms with Crippen LogP contribution >= 0.6 is 23.2 Å². The number of ether oxygens (including phenoxy) is 1. The smallest absolute Gasteiger partial charge is 0.426 e. The summed E-state index contributed by atoms with van der Waals surface area (Å²) in [6, 6.07) is 2.60. The number of hydrogen-bond acceptors (Lipinski definition) is 2. The molecule has 2 rings (SSSR count). The van der Waals surface area contributed by atoms with Gasteiger partial charge in [-0.1, -0.05) is 23.2 Å². The van der Waals surface area contributed by atoms with E-state index in [0.29, 0.717) is 0 Å². The normalized spacial score (nSPS) is 22.6. The fourth-order valence-corrected chi connectivity index (χ4v) is 2.54. The highest BCUT2D eigenvalue weighted by atomic mass is 35.5. The first kappa shape index (κ1) is 14.3. The molecule has 0 saturated carbocycles. The van der Waals surface area contributed by atoms with Gasteiger partial charge in [0, 0.05) is 5.02 Å². The molecule has 0 saturated heterocycles. The summed E-state index contributed by atoms with van der Waals surface area (Å²) in [7, 11) is 0. The molecule has 104 valence electrons. The van der Waals surface area contributed by atoms with Crippen molar-refractivity contribution in [1.29, 1.82) is 0 Å². The molecule has 1 heterocycles. The Kier molecular flexibility index (Phi) is 3.57. The van der Waals surface area contributed by atoms with Gasteiger partial charge >= 0.3 is 12.1 Å². The Morgan fingerprint density at radius 1 is 1.37 bits per heavy atom. The average Bonchev–Trinajstić information content (AvgIpc) is 2.25. The van der Waals surface area contributed by atoms with Crippen LogP contribution in [-0.2, 0) is 11.2 Å². The van der Waals surface area contributed by atoms with E-state index in [-0.39, 0.29) is 27.8 Å². The Morgan fingerprint density at radius 2 is 2.00 bits per heavy atom. The summed E-state index contributed by atoms with van der Waals surface area (Å²) in [5, 5.41) is 9.03. The number of alkyl halides is 3. The number of carboxylic acids is 1. The van der Waals surface area contributed by atoms with Gasteiger partial charge in [-0.15, -0.1) is 0 Å². The van der Waals surface area contributed by atoms with E-state index in [1.54, 1.807) is 0 Å². The second-order valence-electron chi connectivity index (χ2n) is 4.10. The maximum atomic E-state index is 12.8. The van der Waals surface area contributed by atoms with Gasteiger partial charge in [0.05, 0.1) is 5.02 Å². The summed E-state index contributed by atoms with van der Waals surface area (Å²) >= 11 is 11.5. The van der Waals surface area contributed by atoms with Crippen molar-refractivity contribution in [2.75, 3.05) is 0 Å². The summed E-state index contributed by atoms with van der Waals surface area (Å²) < 4.78 is 43.2. The first-order chi connectivity index (χ1) is 8.70. The Morgan fingerprint density at radius 3 is 2.53 bits per heavy atom. The molecule has 1 aromatic rings. The van der Waals surface area contributed by atoms with E-state index >= 15 is 0 Å². The van der Waals surface area contributed by atoms with E-state index < -0.39 is 24.2 Å². The lowest BCUT2D eigenvalue weighted by Gasteiger charge is -2.33. The highest BCUT2D eigenvalue weighted by Gasteiger charge is 2.52. The van der Waals surface area contributed by atoms with Crippen LogP contribution in [0, 0.1) is 5.92 Å². The number of carbonyl (C=O) groups is 1. The van der Waals surface area contributed by atoms with Crippen LogP contribution in [0.25, 0.3) is 0 Å². The summed E-state index contributed by atoms with van der Waals surface area (Å²) in [6.45, 7) is 0. The van der Waals surface area contributed by atoms with Gasteiger partial charge in [-0.2, -0.15) is 13.2 Å². The van der Waals surface area contributed by atoms with Crippen LogP contribution in [0.1, 0.15) is 5.56 Å². The highest BCUT2D eigenvalue weighted by molar-refractivity contribution is 6.35. The zero-order chi connectivity index (χ0) is 14.4. The fourth-order valence-electron chi connectivity index (χ4n) is 1.96. The number of fused-ring (bicyclic) bond motifs is 1. The van der Waals surface area contributed by atoms with Gasteiger partial charge in [-0.05, 0) is 24.1 Å². The molecule has 0 spiro atoms. The number of benzene rings is 1. The molecule has 0 aliphatic carbocycles. The molecule has 0 aromatic heterocycles. The van der Waals surface area contributed by atoms with Crippen LogP contribution < -0.4 is 4.74 Å². The van der Waals surface area contributed by atoms with Crippen LogP contribution in [0.15, 0.2) is 12.1 Å². The maximum Gasteiger partial charge on any atom is 0.426 e. The van der Waals surface area contributed by atoms with Gasteiger partial charge in [0.15, 0.2) is 0 Å². The van der Waals surface area contributed by atoms with E-state index in [9.17, 15) is 18.0 Å². The molecular formula is C11H7Cl2F3O3. The molecule has 3 nitrogen and oxygen atoms in total. The topological polar surface area (TPSA) is 46.5 Å². The highest BCUT2D eigenvalue weighted by Crippen LogP contribution is 2.43. The molecule has 2 atom stereocenters. The van der Waals surface area contributed by atoms with Crippen molar-refractivity contribution >= 4 is 29.2 Å². The monoisotopic (exact) mass is 314 g/mol. The molecular weight excluding hydrogens is 308 g/mol. The van der Waals surface area contributed by atoms with Crippen LogP contribution in [-0.4, -0.2) is 23.4 Å². The average molecular weight is 315 g/mol. The molecule has 1 aromatic carbocycles. The number of rotatable bonds is 1. The number of aliphatic carboxylic acids is 1. The van der Waals surface area contributed by atoms with Gasteiger partial charge < -0.3 is 9.84 Å². The van der Waals surface area contributed by atoms with E-state index in [0.717, 1.165) is 0 Å². The minimum absolute atomic E-state index is 0.0689. The summed E-state index contributed by atoms with van der Waals surface area (Å²) in [5.74, 6) is -3.46. The summed E-state index contributed by atoms with van der Waals surface area (Å²) in [5.41, 5.74) is 0.255. The molecule has 19 heavy (non-hydrogen) atoms. The second-order valence-corrected chi connectivity index (χ2v) is 4.95. The number of carboxylic acid groups (broad SMARTS) is 1. The third-order valence-corrected chi connectivity index (χ3v) is 3.27. The zero-order valence-electron chi connectivity index (χ0n) is 9.17. The van der Waals surface area contributed by atoms with E-state index in [1.165, 1.54) is 12.1 Å². The predicted octanol–water partition coefficient (Wildman–Crippen LogP) is 3.56. The lowest BCUT2D eigenvalue weighted by atomic mass is 9.90. The molecule has 1 N–H and O–H groups in total. The van der Waals surface area contributed by atoms with Crippen molar-refractivity contribution in [3.05, 3.63) is 27.7 Å². The summed E-state index contributed by atoms with van der Waals surface area (Å²) in [6.07, 6.45) is -7.55. The van der Waals surface area contributed by atoms with Crippen molar-refractivity contribution in [2.24, 2.45) is 5.92 Å². The van der Waals surface area contributed by atoms with Gasteiger partial charge in [0.25, 0.3) is 0 Å². The van der Waals surface area contributed by atoms with Crippen molar-refractivity contribution in [2.45, 2.75) is 18.7 Å². The zero-order valence-corrected chi connectivity index (χ0v) is 10.7. The SMILES string of the molecule is O=C(O)C1Cc2cc(Cl)cc(Cl)c2OC1C(F)(F)F. The Balaban J connectivity index is 2.48. The van der Waals surface area contributed by atoms with Crippen molar-refractivity contribution in [3.8, 4) is 5.75 Å². The van der Waals surface area contributed by atoms with Crippen LogP contribution in [0.5, 0.6) is 5.75 Å². The van der Waals surface area contributed by atoms with E-state index in [1.807, 2.05) is 0 Å². The maximum absolute atomic E-state index is 12.8. The first-order valence-corrected chi connectivity index (χ1v) is 5.90. The predicted molar refractivity (Wildman–Crippen MR) is 61.8 cm³/mol. The van der Waals surface area contributed by atoms with Gasteiger partial charge in [-0.25, -0.2) is 0 Å². The molecule has 1 aliphatic rings. The van der Waals surface area contributed by atoms with Gasteiger partial charge in [-0.3, -0.25) is 4.79 Å². The number of hydrogen-bond donors (Lipinski definition) is 1. The lowest BCUT2D eigenvalue weighted by Crippen LogP contribution is -2.47. The van der Waals surface area contributed by atoms with Crippen LogP contribution in [0.2, 0.25) is 10.0 Å². The largest absolute Gasteiger partial charge is 0.481 e. The first-order valence-electron chi connectivity index (χ1n) is 5.14. The van der Waals surface area contributed by atoms with Crippen LogP contribution in [0.4, 0.5) is 13.2 Å². The van der Waals surface area contributed by atoms with E-state index in [2.05, 4.69) is 0 Å². The minimum atomic E-state index is -4.79. The molecule has 0 radical (unpaired) electrons. The van der Waals surface area contributed by atoms with Crippen molar-refractivity contribution in [3.63, 3.8) is 0 Å². The minimum Gasteiger partial charge on any atom is -0.481 e. The van der Waals surface area contributed by atoms with Gasteiger partial charge in [0.1, 0.15) is 11.7 Å².